The number of hydrogen-bond donors (Lipinski definition) is 2. The standard InChI is InChI=1S/C12H14ClNO4/c1-6-7(8(5-14)12(15)16)4-9(13)11-10(6)17-2-3-18-11/h4,8H,2-3,5,14H2,1H3,(H,15,16). The van der Waals surface area contributed by atoms with Gasteiger partial charge in [0.1, 0.15) is 13.2 Å². The zero-order chi connectivity index (χ0) is 13.3. The maximum absolute atomic E-state index is 11.2. The van der Waals surface area contributed by atoms with Gasteiger partial charge in [-0.15, -0.1) is 0 Å². The number of hydrogen-bond acceptors (Lipinski definition) is 4. The molecule has 1 aliphatic rings. The third-order valence-corrected chi connectivity index (χ3v) is 3.25. The summed E-state index contributed by atoms with van der Waals surface area (Å²) in [6.45, 7) is 2.65. The molecule has 5 nitrogen and oxygen atoms in total. The van der Waals surface area contributed by atoms with Gasteiger partial charge in [-0.1, -0.05) is 11.6 Å². The lowest BCUT2D eigenvalue weighted by molar-refractivity contribution is -0.138. The monoisotopic (exact) mass is 271 g/mol. The summed E-state index contributed by atoms with van der Waals surface area (Å²) in [7, 11) is 0. The van der Waals surface area contributed by atoms with Crippen molar-refractivity contribution in [3.8, 4) is 11.5 Å². The Balaban J connectivity index is 2.56. The number of carboxylic acids is 1. The number of fused-ring (bicyclic) bond motifs is 1. The van der Waals surface area contributed by atoms with Crippen molar-refractivity contribution in [2.75, 3.05) is 19.8 Å². The number of ether oxygens (including phenoxy) is 2. The molecule has 0 aromatic heterocycles. The molecule has 0 spiro atoms. The molecule has 2 rings (SSSR count). The Morgan fingerprint density at radius 3 is 2.67 bits per heavy atom. The highest BCUT2D eigenvalue weighted by molar-refractivity contribution is 6.32. The summed E-state index contributed by atoms with van der Waals surface area (Å²) in [6, 6.07) is 1.59. The number of benzene rings is 1. The Hall–Kier alpha value is -1.46. The van der Waals surface area contributed by atoms with Crippen molar-refractivity contribution in [2.24, 2.45) is 5.73 Å². The number of carboxylic acid groups (broad SMARTS) is 1. The Morgan fingerprint density at radius 2 is 2.11 bits per heavy atom. The summed E-state index contributed by atoms with van der Waals surface area (Å²) in [5, 5.41) is 9.50. The van der Waals surface area contributed by atoms with Gasteiger partial charge in [-0.05, 0) is 24.1 Å². The molecule has 1 aliphatic heterocycles. The lowest BCUT2D eigenvalue weighted by Crippen LogP contribution is -2.23. The van der Waals surface area contributed by atoms with Gasteiger partial charge in [0, 0.05) is 6.54 Å². The molecule has 0 amide bonds. The molecule has 1 atom stereocenters. The fraction of sp³-hybridized carbons (Fsp3) is 0.417. The van der Waals surface area contributed by atoms with Gasteiger partial charge >= 0.3 is 5.97 Å². The van der Waals surface area contributed by atoms with E-state index in [9.17, 15) is 4.79 Å². The van der Waals surface area contributed by atoms with Crippen LogP contribution in [0.2, 0.25) is 5.02 Å². The average molecular weight is 272 g/mol. The third-order valence-electron chi connectivity index (χ3n) is 2.96. The molecule has 1 unspecified atom stereocenters. The van der Waals surface area contributed by atoms with E-state index in [2.05, 4.69) is 0 Å². The summed E-state index contributed by atoms with van der Waals surface area (Å²) in [5.74, 6) is -0.777. The first kappa shape index (κ1) is 13.0. The second kappa shape index (κ2) is 5.04. The number of carbonyl (C=O) groups is 1. The van der Waals surface area contributed by atoms with Crippen LogP contribution in [0.15, 0.2) is 6.07 Å². The van der Waals surface area contributed by atoms with Crippen LogP contribution in [0.5, 0.6) is 11.5 Å². The Morgan fingerprint density at radius 1 is 1.50 bits per heavy atom. The van der Waals surface area contributed by atoms with Crippen LogP contribution in [-0.2, 0) is 4.79 Å². The zero-order valence-corrected chi connectivity index (χ0v) is 10.7. The van der Waals surface area contributed by atoms with Crippen LogP contribution in [0.1, 0.15) is 17.0 Å². The number of nitrogens with two attached hydrogens (primary N) is 1. The average Bonchev–Trinajstić information content (AvgIpc) is 2.36. The molecule has 0 saturated heterocycles. The van der Waals surface area contributed by atoms with Gasteiger partial charge in [-0.25, -0.2) is 0 Å². The molecule has 0 saturated carbocycles. The van der Waals surface area contributed by atoms with E-state index < -0.39 is 11.9 Å². The maximum atomic E-state index is 11.2. The second-order valence-electron chi connectivity index (χ2n) is 4.05. The Kier molecular flexibility index (Phi) is 3.63. The predicted octanol–water partition coefficient (Wildman–Crippen LogP) is 1.55. The van der Waals surface area contributed by atoms with Gasteiger partial charge in [0.25, 0.3) is 0 Å². The summed E-state index contributed by atoms with van der Waals surface area (Å²) in [4.78, 5) is 11.2. The van der Waals surface area contributed by atoms with E-state index in [0.29, 0.717) is 40.9 Å². The van der Waals surface area contributed by atoms with Crippen LogP contribution in [0.4, 0.5) is 0 Å². The quantitative estimate of drug-likeness (QED) is 0.872. The molecule has 6 heteroatoms. The normalized spacial score (nSPS) is 15.3. The van der Waals surface area contributed by atoms with Crippen LogP contribution in [-0.4, -0.2) is 30.8 Å². The molecular formula is C12H14ClNO4. The highest BCUT2D eigenvalue weighted by Gasteiger charge is 2.27. The largest absolute Gasteiger partial charge is 0.486 e. The third kappa shape index (κ3) is 2.11. The molecular weight excluding hydrogens is 258 g/mol. The Labute approximate surface area is 109 Å². The fourth-order valence-corrected chi connectivity index (χ4v) is 2.30. The van der Waals surface area contributed by atoms with Gasteiger partial charge in [0.15, 0.2) is 11.5 Å². The molecule has 1 heterocycles. The molecule has 98 valence electrons. The van der Waals surface area contributed by atoms with E-state index >= 15 is 0 Å². The van der Waals surface area contributed by atoms with Gasteiger partial charge in [0.2, 0.25) is 0 Å². The van der Waals surface area contributed by atoms with Crippen LogP contribution in [0, 0.1) is 6.92 Å². The van der Waals surface area contributed by atoms with Crippen LogP contribution < -0.4 is 15.2 Å². The van der Waals surface area contributed by atoms with E-state index in [0.717, 1.165) is 0 Å². The molecule has 0 radical (unpaired) electrons. The van der Waals surface area contributed by atoms with Crippen molar-refractivity contribution in [3.63, 3.8) is 0 Å². The minimum atomic E-state index is -0.978. The van der Waals surface area contributed by atoms with E-state index in [1.807, 2.05) is 0 Å². The van der Waals surface area contributed by atoms with Crippen molar-refractivity contribution >= 4 is 17.6 Å². The van der Waals surface area contributed by atoms with Gasteiger partial charge < -0.3 is 20.3 Å². The first-order valence-corrected chi connectivity index (χ1v) is 5.95. The second-order valence-corrected chi connectivity index (χ2v) is 4.46. The molecule has 0 bridgehead atoms. The number of aliphatic carboxylic acids is 1. The minimum Gasteiger partial charge on any atom is -0.486 e. The van der Waals surface area contributed by atoms with Crippen molar-refractivity contribution in [1.29, 1.82) is 0 Å². The van der Waals surface area contributed by atoms with Gasteiger partial charge in [-0.2, -0.15) is 0 Å². The highest BCUT2D eigenvalue weighted by Crippen LogP contribution is 2.43. The predicted molar refractivity (Wildman–Crippen MR) is 66.6 cm³/mol. The number of halogens is 1. The van der Waals surface area contributed by atoms with Crippen molar-refractivity contribution < 1.29 is 19.4 Å². The molecule has 1 aromatic carbocycles. The summed E-state index contributed by atoms with van der Waals surface area (Å²) < 4.78 is 10.9. The van der Waals surface area contributed by atoms with Crippen molar-refractivity contribution in [2.45, 2.75) is 12.8 Å². The first-order valence-electron chi connectivity index (χ1n) is 5.57. The summed E-state index contributed by atoms with van der Waals surface area (Å²) in [6.07, 6.45) is 0. The highest BCUT2D eigenvalue weighted by atomic mass is 35.5. The summed E-state index contributed by atoms with van der Waals surface area (Å²) in [5.41, 5.74) is 6.79. The SMILES string of the molecule is Cc1c(C(CN)C(=O)O)cc(Cl)c2c1OCCO2. The number of rotatable bonds is 3. The van der Waals surface area contributed by atoms with Crippen LogP contribution >= 0.6 is 11.6 Å². The van der Waals surface area contributed by atoms with Crippen LogP contribution in [0.25, 0.3) is 0 Å². The molecule has 3 N–H and O–H groups in total. The topological polar surface area (TPSA) is 81.8 Å². The molecule has 18 heavy (non-hydrogen) atoms. The lowest BCUT2D eigenvalue weighted by Gasteiger charge is -2.24. The Bertz CT molecular complexity index is 489. The lowest BCUT2D eigenvalue weighted by atomic mass is 9.94. The smallest absolute Gasteiger partial charge is 0.312 e. The molecule has 0 fully saturated rings. The van der Waals surface area contributed by atoms with Gasteiger partial charge in [-0.3, -0.25) is 4.79 Å². The summed E-state index contributed by atoms with van der Waals surface area (Å²) >= 11 is 6.09. The fourth-order valence-electron chi connectivity index (χ4n) is 2.04. The zero-order valence-electron chi connectivity index (χ0n) is 9.90. The van der Waals surface area contributed by atoms with Crippen LogP contribution in [0.3, 0.4) is 0 Å². The van der Waals surface area contributed by atoms with Crippen molar-refractivity contribution in [3.05, 3.63) is 22.2 Å². The first-order chi connectivity index (χ1) is 8.56. The molecule has 0 aliphatic carbocycles. The van der Waals surface area contributed by atoms with E-state index in [1.54, 1.807) is 13.0 Å². The maximum Gasteiger partial charge on any atom is 0.312 e. The van der Waals surface area contributed by atoms with E-state index in [1.165, 1.54) is 0 Å². The van der Waals surface area contributed by atoms with Crippen molar-refractivity contribution in [1.82, 2.24) is 0 Å². The van der Waals surface area contributed by atoms with Gasteiger partial charge in [0.05, 0.1) is 10.9 Å². The van der Waals surface area contributed by atoms with E-state index in [-0.39, 0.29) is 6.54 Å². The minimum absolute atomic E-state index is 0.00610. The molecule has 1 aromatic rings. The van der Waals surface area contributed by atoms with E-state index in [4.69, 9.17) is 31.9 Å².